The lowest BCUT2D eigenvalue weighted by molar-refractivity contribution is 0.310. The fraction of sp³-hybridized carbons (Fsp3) is 0.533. The fourth-order valence-electron chi connectivity index (χ4n) is 1.61. The molecule has 0 aromatic heterocycles. The fourth-order valence-corrected chi connectivity index (χ4v) is 1.61. The van der Waals surface area contributed by atoms with E-state index in [9.17, 15) is 0 Å². The summed E-state index contributed by atoms with van der Waals surface area (Å²) in [6.45, 7) is 5.65. The molecule has 1 aromatic carbocycles. The van der Waals surface area contributed by atoms with Crippen molar-refractivity contribution >= 4 is 5.96 Å². The van der Waals surface area contributed by atoms with E-state index in [1.165, 1.54) is 0 Å². The quantitative estimate of drug-likeness (QED) is 0.455. The third-order valence-corrected chi connectivity index (χ3v) is 2.59. The summed E-state index contributed by atoms with van der Waals surface area (Å²) in [4.78, 5) is 4.14. The molecule has 20 heavy (non-hydrogen) atoms. The van der Waals surface area contributed by atoms with Gasteiger partial charge in [-0.1, -0.05) is 0 Å². The van der Waals surface area contributed by atoms with Crippen molar-refractivity contribution < 1.29 is 9.47 Å². The molecule has 0 heterocycles. The van der Waals surface area contributed by atoms with Crippen LogP contribution in [0.1, 0.15) is 20.3 Å². The number of ether oxygens (including phenoxy) is 2. The zero-order valence-corrected chi connectivity index (χ0v) is 12.8. The molecule has 0 amide bonds. The van der Waals surface area contributed by atoms with E-state index in [2.05, 4.69) is 29.5 Å². The van der Waals surface area contributed by atoms with Crippen LogP contribution in [0.5, 0.6) is 11.5 Å². The van der Waals surface area contributed by atoms with E-state index >= 15 is 0 Å². The van der Waals surface area contributed by atoms with Crippen LogP contribution >= 0.6 is 0 Å². The summed E-state index contributed by atoms with van der Waals surface area (Å²) in [7, 11) is 3.42. The molecule has 0 aliphatic rings. The number of nitrogens with zero attached hydrogens (tertiary/aromatic N) is 1. The first-order valence-electron chi connectivity index (χ1n) is 6.89. The van der Waals surface area contributed by atoms with E-state index in [1.54, 1.807) is 14.2 Å². The Labute approximate surface area is 121 Å². The van der Waals surface area contributed by atoms with Gasteiger partial charge in [0.2, 0.25) is 0 Å². The first kappa shape index (κ1) is 16.1. The Balaban J connectivity index is 2.18. The van der Waals surface area contributed by atoms with Gasteiger partial charge in [0.05, 0.1) is 13.7 Å². The van der Waals surface area contributed by atoms with Gasteiger partial charge >= 0.3 is 0 Å². The predicted octanol–water partition coefficient (Wildman–Crippen LogP) is 2.04. The molecular weight excluding hydrogens is 254 g/mol. The van der Waals surface area contributed by atoms with Crippen LogP contribution in [0.2, 0.25) is 0 Å². The second-order valence-corrected chi connectivity index (χ2v) is 4.68. The highest BCUT2D eigenvalue weighted by atomic mass is 16.5. The third kappa shape index (κ3) is 6.31. The SMILES string of the molecule is CN=C(NCCCOc1ccc(OC)cc1)NC(C)C. The molecular formula is C15H25N3O2. The number of methoxy groups -OCH3 is 1. The zero-order chi connectivity index (χ0) is 14.8. The minimum Gasteiger partial charge on any atom is -0.497 e. The van der Waals surface area contributed by atoms with Crippen LogP contribution in [0.3, 0.4) is 0 Å². The van der Waals surface area contributed by atoms with Gasteiger partial charge in [0.25, 0.3) is 0 Å². The van der Waals surface area contributed by atoms with Crippen molar-refractivity contribution in [3.8, 4) is 11.5 Å². The van der Waals surface area contributed by atoms with Gasteiger partial charge in [-0.15, -0.1) is 0 Å². The minimum atomic E-state index is 0.372. The molecule has 0 saturated carbocycles. The van der Waals surface area contributed by atoms with E-state index in [0.717, 1.165) is 30.4 Å². The molecule has 0 aliphatic carbocycles. The highest BCUT2D eigenvalue weighted by Crippen LogP contribution is 2.16. The van der Waals surface area contributed by atoms with Crippen molar-refractivity contribution in [2.24, 2.45) is 4.99 Å². The molecule has 0 saturated heterocycles. The summed E-state index contributed by atoms with van der Waals surface area (Å²) in [6, 6.07) is 7.97. The van der Waals surface area contributed by atoms with Crippen molar-refractivity contribution in [2.75, 3.05) is 27.3 Å². The van der Waals surface area contributed by atoms with Crippen LogP contribution < -0.4 is 20.1 Å². The highest BCUT2D eigenvalue weighted by Gasteiger charge is 1.99. The van der Waals surface area contributed by atoms with Crippen molar-refractivity contribution in [1.29, 1.82) is 0 Å². The number of benzene rings is 1. The average molecular weight is 279 g/mol. The van der Waals surface area contributed by atoms with Gasteiger partial charge in [0.15, 0.2) is 5.96 Å². The lowest BCUT2D eigenvalue weighted by atomic mass is 10.3. The van der Waals surface area contributed by atoms with Crippen molar-refractivity contribution in [1.82, 2.24) is 10.6 Å². The Bertz CT molecular complexity index is 402. The molecule has 5 heteroatoms. The van der Waals surface area contributed by atoms with Gasteiger partial charge in [0, 0.05) is 19.6 Å². The van der Waals surface area contributed by atoms with Crippen molar-refractivity contribution in [3.05, 3.63) is 24.3 Å². The topological polar surface area (TPSA) is 54.9 Å². The van der Waals surface area contributed by atoms with Crippen LogP contribution in [0.15, 0.2) is 29.3 Å². The summed E-state index contributed by atoms with van der Waals surface area (Å²) < 4.78 is 10.7. The Kier molecular flexibility index (Phi) is 7.32. The van der Waals surface area contributed by atoms with Crippen molar-refractivity contribution in [2.45, 2.75) is 26.3 Å². The molecule has 0 spiro atoms. The number of aliphatic imine (C=N–C) groups is 1. The van der Waals surface area contributed by atoms with E-state index in [1.807, 2.05) is 24.3 Å². The predicted molar refractivity (Wildman–Crippen MR) is 82.7 cm³/mol. The number of hydrogen-bond donors (Lipinski definition) is 2. The number of guanidine groups is 1. The Morgan fingerprint density at radius 1 is 1.20 bits per heavy atom. The molecule has 2 N–H and O–H groups in total. The van der Waals surface area contributed by atoms with Gasteiger partial charge in [-0.3, -0.25) is 4.99 Å². The van der Waals surface area contributed by atoms with Crippen LogP contribution in [0, 0.1) is 0 Å². The number of rotatable bonds is 7. The number of nitrogens with one attached hydrogen (secondary N) is 2. The average Bonchev–Trinajstić information content (AvgIpc) is 2.46. The summed E-state index contributed by atoms with van der Waals surface area (Å²) in [5.41, 5.74) is 0. The Morgan fingerprint density at radius 3 is 2.40 bits per heavy atom. The van der Waals surface area contributed by atoms with E-state index in [-0.39, 0.29) is 0 Å². The third-order valence-electron chi connectivity index (χ3n) is 2.59. The van der Waals surface area contributed by atoms with Gasteiger partial charge in [0.1, 0.15) is 11.5 Å². The van der Waals surface area contributed by atoms with Gasteiger partial charge in [-0.25, -0.2) is 0 Å². The smallest absolute Gasteiger partial charge is 0.191 e. The normalized spacial score (nSPS) is 11.3. The lowest BCUT2D eigenvalue weighted by Gasteiger charge is -2.14. The molecule has 5 nitrogen and oxygen atoms in total. The van der Waals surface area contributed by atoms with Crippen LogP contribution in [-0.4, -0.2) is 39.3 Å². The van der Waals surface area contributed by atoms with Crippen LogP contribution in [0.4, 0.5) is 0 Å². The lowest BCUT2D eigenvalue weighted by Crippen LogP contribution is -2.41. The Morgan fingerprint density at radius 2 is 1.85 bits per heavy atom. The zero-order valence-electron chi connectivity index (χ0n) is 12.8. The molecule has 112 valence electrons. The molecule has 1 aromatic rings. The van der Waals surface area contributed by atoms with Gasteiger partial charge in [-0.05, 0) is 44.5 Å². The first-order chi connectivity index (χ1) is 9.65. The first-order valence-corrected chi connectivity index (χ1v) is 6.89. The largest absolute Gasteiger partial charge is 0.497 e. The van der Waals surface area contributed by atoms with Gasteiger partial charge < -0.3 is 20.1 Å². The van der Waals surface area contributed by atoms with E-state index in [0.29, 0.717) is 12.6 Å². The Hall–Kier alpha value is -1.91. The standard InChI is InChI=1S/C15H25N3O2/c1-12(2)18-15(16-3)17-10-5-11-20-14-8-6-13(19-4)7-9-14/h6-9,12H,5,10-11H2,1-4H3,(H2,16,17,18). The maximum atomic E-state index is 5.65. The summed E-state index contributed by atoms with van der Waals surface area (Å²) in [6.07, 6.45) is 0.908. The van der Waals surface area contributed by atoms with E-state index in [4.69, 9.17) is 9.47 Å². The molecule has 0 aliphatic heterocycles. The van der Waals surface area contributed by atoms with Crippen molar-refractivity contribution in [3.63, 3.8) is 0 Å². The molecule has 0 unspecified atom stereocenters. The molecule has 0 atom stereocenters. The second kappa shape index (κ2) is 9.07. The van der Waals surface area contributed by atoms with Gasteiger partial charge in [-0.2, -0.15) is 0 Å². The minimum absolute atomic E-state index is 0.372. The molecule has 0 bridgehead atoms. The highest BCUT2D eigenvalue weighted by molar-refractivity contribution is 5.79. The molecule has 0 fully saturated rings. The van der Waals surface area contributed by atoms with E-state index < -0.39 is 0 Å². The molecule has 0 radical (unpaired) electrons. The van der Waals surface area contributed by atoms with Crippen LogP contribution in [0.25, 0.3) is 0 Å². The monoisotopic (exact) mass is 279 g/mol. The second-order valence-electron chi connectivity index (χ2n) is 4.68. The number of hydrogen-bond acceptors (Lipinski definition) is 3. The summed E-state index contributed by atoms with van der Waals surface area (Å²) in [5.74, 6) is 2.52. The summed E-state index contributed by atoms with van der Waals surface area (Å²) >= 11 is 0. The summed E-state index contributed by atoms with van der Waals surface area (Å²) in [5, 5.41) is 6.48. The maximum Gasteiger partial charge on any atom is 0.191 e. The molecule has 1 rings (SSSR count). The maximum absolute atomic E-state index is 5.65. The van der Waals surface area contributed by atoms with Crippen LogP contribution in [-0.2, 0) is 0 Å².